The first-order chi connectivity index (χ1) is 16.8. The first-order valence-corrected chi connectivity index (χ1v) is 11.6. The predicted molar refractivity (Wildman–Crippen MR) is 117 cm³/mol. The van der Waals surface area contributed by atoms with Gasteiger partial charge in [-0.05, 0) is 86.0 Å². The van der Waals surface area contributed by atoms with Crippen LogP contribution in [-0.4, -0.2) is 30.6 Å². The molecule has 1 saturated heterocycles. The van der Waals surface area contributed by atoms with Crippen LogP contribution in [-0.2, 0) is 12.4 Å². The van der Waals surface area contributed by atoms with Gasteiger partial charge in [0, 0.05) is 13.1 Å². The molecule has 1 amide bonds. The van der Waals surface area contributed by atoms with Crippen LogP contribution in [0.15, 0.2) is 36.4 Å². The molecular weight excluding hydrogens is 493 g/mol. The first kappa shape index (κ1) is 26.2. The van der Waals surface area contributed by atoms with Crippen molar-refractivity contribution in [2.75, 3.05) is 19.6 Å². The van der Waals surface area contributed by atoms with Gasteiger partial charge in [-0.2, -0.15) is 26.3 Å². The van der Waals surface area contributed by atoms with Crippen LogP contribution in [0.5, 0.6) is 5.75 Å². The zero-order valence-corrected chi connectivity index (χ0v) is 19.3. The second-order valence-electron chi connectivity index (χ2n) is 9.40. The number of aryl methyl sites for hydroxylation is 1. The minimum atomic E-state index is -5.07. The molecular formula is C25H25F7N2O2. The Labute approximate surface area is 203 Å². The monoisotopic (exact) mass is 518 g/mol. The van der Waals surface area contributed by atoms with E-state index in [9.17, 15) is 35.5 Å². The van der Waals surface area contributed by atoms with Crippen molar-refractivity contribution in [3.8, 4) is 5.75 Å². The van der Waals surface area contributed by atoms with Crippen molar-refractivity contribution in [1.29, 1.82) is 0 Å². The number of alkyl halides is 6. The van der Waals surface area contributed by atoms with Crippen molar-refractivity contribution in [2.24, 2.45) is 11.8 Å². The molecule has 1 aliphatic heterocycles. The molecule has 0 radical (unpaired) electrons. The Morgan fingerprint density at radius 3 is 2.17 bits per heavy atom. The quantitative estimate of drug-likeness (QED) is 0.431. The summed E-state index contributed by atoms with van der Waals surface area (Å²) in [6, 6.07) is 4.24. The number of amides is 1. The van der Waals surface area contributed by atoms with Gasteiger partial charge in [-0.15, -0.1) is 0 Å². The van der Waals surface area contributed by atoms with Gasteiger partial charge in [-0.1, -0.05) is 6.07 Å². The maximum absolute atomic E-state index is 13.7. The number of ether oxygens (including phenoxy) is 1. The summed E-state index contributed by atoms with van der Waals surface area (Å²) in [5, 5.41) is 3.37. The lowest BCUT2D eigenvalue weighted by Crippen LogP contribution is -2.37. The third-order valence-corrected chi connectivity index (χ3v) is 6.61. The molecule has 2 atom stereocenters. The second-order valence-corrected chi connectivity index (χ2v) is 9.40. The molecule has 1 N–H and O–H groups in total. The molecule has 2 aromatic carbocycles. The Morgan fingerprint density at radius 2 is 1.61 bits per heavy atom. The van der Waals surface area contributed by atoms with Crippen LogP contribution >= 0.6 is 0 Å². The SMILES string of the molecule is Cc1cc(F)ccc1C1C(CNCC2CC2)CCN1C(=O)Oc1cc(C(F)(F)F)cc(C(F)(F)F)c1. The third-order valence-electron chi connectivity index (χ3n) is 6.61. The second kappa shape index (κ2) is 9.91. The van der Waals surface area contributed by atoms with E-state index in [1.165, 1.54) is 17.0 Å². The highest BCUT2D eigenvalue weighted by Crippen LogP contribution is 2.41. The first-order valence-electron chi connectivity index (χ1n) is 11.6. The normalized spacial score (nSPS) is 20.6. The predicted octanol–water partition coefficient (Wildman–Crippen LogP) is 6.73. The molecule has 4 rings (SSSR count). The van der Waals surface area contributed by atoms with E-state index in [0.29, 0.717) is 42.1 Å². The Bertz CT molecular complexity index is 1080. The fraction of sp³-hybridized carbons (Fsp3) is 0.480. The number of hydrogen-bond donors (Lipinski definition) is 1. The van der Waals surface area contributed by atoms with E-state index in [4.69, 9.17) is 4.74 Å². The van der Waals surface area contributed by atoms with E-state index < -0.39 is 47.2 Å². The molecule has 1 saturated carbocycles. The maximum atomic E-state index is 13.7. The van der Waals surface area contributed by atoms with Gasteiger partial charge in [0.15, 0.2) is 0 Å². The summed E-state index contributed by atoms with van der Waals surface area (Å²) in [4.78, 5) is 14.4. The number of hydrogen-bond acceptors (Lipinski definition) is 3. The fourth-order valence-electron chi connectivity index (χ4n) is 4.61. The Hall–Kier alpha value is -2.82. The summed E-state index contributed by atoms with van der Waals surface area (Å²) in [5.41, 5.74) is -1.93. The van der Waals surface area contributed by atoms with Crippen molar-refractivity contribution in [3.63, 3.8) is 0 Å². The number of nitrogens with one attached hydrogen (secondary N) is 1. The average Bonchev–Trinajstić information content (AvgIpc) is 3.50. The number of halogens is 7. The van der Waals surface area contributed by atoms with Crippen LogP contribution in [0.4, 0.5) is 35.5 Å². The molecule has 196 valence electrons. The lowest BCUT2D eigenvalue weighted by molar-refractivity contribution is -0.143. The van der Waals surface area contributed by atoms with Crippen molar-refractivity contribution >= 4 is 6.09 Å². The van der Waals surface area contributed by atoms with Gasteiger partial charge in [0.05, 0.1) is 17.2 Å². The summed E-state index contributed by atoms with van der Waals surface area (Å²) >= 11 is 0. The molecule has 2 fully saturated rings. The lowest BCUT2D eigenvalue weighted by Gasteiger charge is -2.29. The Balaban J connectivity index is 1.60. The van der Waals surface area contributed by atoms with E-state index in [1.807, 2.05) is 0 Å². The van der Waals surface area contributed by atoms with Gasteiger partial charge in [-0.25, -0.2) is 9.18 Å². The van der Waals surface area contributed by atoms with E-state index in [1.54, 1.807) is 13.0 Å². The number of likely N-dealkylation sites (tertiary alicyclic amines) is 1. The summed E-state index contributed by atoms with van der Waals surface area (Å²) in [5.74, 6) is -0.808. The summed E-state index contributed by atoms with van der Waals surface area (Å²) in [6.45, 7) is 3.22. The van der Waals surface area contributed by atoms with E-state index in [0.717, 1.165) is 19.4 Å². The highest BCUT2D eigenvalue weighted by atomic mass is 19.4. The van der Waals surface area contributed by atoms with Gasteiger partial charge in [-0.3, -0.25) is 0 Å². The van der Waals surface area contributed by atoms with Crippen LogP contribution in [0.25, 0.3) is 0 Å². The van der Waals surface area contributed by atoms with E-state index in [2.05, 4.69) is 5.32 Å². The number of rotatable bonds is 6. The molecule has 36 heavy (non-hydrogen) atoms. The van der Waals surface area contributed by atoms with Crippen molar-refractivity contribution < 1.29 is 40.3 Å². The van der Waals surface area contributed by atoms with Crippen LogP contribution in [0.1, 0.15) is 47.6 Å². The topological polar surface area (TPSA) is 41.6 Å². The zero-order valence-electron chi connectivity index (χ0n) is 19.3. The van der Waals surface area contributed by atoms with Crippen molar-refractivity contribution in [3.05, 3.63) is 64.5 Å². The largest absolute Gasteiger partial charge is 0.416 e. The fourth-order valence-corrected chi connectivity index (χ4v) is 4.61. The van der Waals surface area contributed by atoms with Crippen molar-refractivity contribution in [1.82, 2.24) is 10.2 Å². The molecule has 11 heteroatoms. The highest BCUT2D eigenvalue weighted by Gasteiger charge is 2.41. The Kier molecular flexibility index (Phi) is 7.23. The molecule has 2 aliphatic rings. The number of nitrogens with zero attached hydrogens (tertiary/aromatic N) is 1. The highest BCUT2D eigenvalue weighted by molar-refractivity contribution is 5.72. The van der Waals surface area contributed by atoms with Gasteiger partial charge < -0.3 is 15.0 Å². The standard InChI is InChI=1S/C25H25F7N2O2/c1-14-8-19(26)4-5-21(14)22-16(13-33-12-15-2-3-15)6-7-34(22)23(35)36-20-10-17(24(27,28)29)9-18(11-20)25(30,31)32/h4-5,8-11,15-16,22,33H,2-3,6-7,12-13H2,1H3. The maximum Gasteiger partial charge on any atom is 0.416 e. The zero-order chi connectivity index (χ0) is 26.3. The molecule has 2 unspecified atom stereocenters. The minimum Gasteiger partial charge on any atom is -0.410 e. The molecule has 2 aromatic rings. The summed E-state index contributed by atoms with van der Waals surface area (Å²) in [6.07, 6.45) is -8.38. The molecule has 0 aromatic heterocycles. The molecule has 0 bridgehead atoms. The molecule has 4 nitrogen and oxygen atoms in total. The summed E-state index contributed by atoms with van der Waals surface area (Å²) in [7, 11) is 0. The molecule has 1 aliphatic carbocycles. The van der Waals surface area contributed by atoms with E-state index >= 15 is 0 Å². The van der Waals surface area contributed by atoms with Crippen LogP contribution in [0.2, 0.25) is 0 Å². The number of carbonyl (C=O) groups is 1. The van der Waals surface area contributed by atoms with Gasteiger partial charge in [0.2, 0.25) is 0 Å². The van der Waals surface area contributed by atoms with Crippen LogP contribution < -0.4 is 10.1 Å². The minimum absolute atomic E-state index is 0.0283. The number of carbonyl (C=O) groups excluding carboxylic acids is 1. The van der Waals surface area contributed by atoms with Crippen LogP contribution in [0, 0.1) is 24.6 Å². The smallest absolute Gasteiger partial charge is 0.410 e. The van der Waals surface area contributed by atoms with Gasteiger partial charge >= 0.3 is 18.4 Å². The Morgan fingerprint density at radius 1 is 0.972 bits per heavy atom. The van der Waals surface area contributed by atoms with Crippen molar-refractivity contribution in [2.45, 2.75) is 44.6 Å². The summed E-state index contributed by atoms with van der Waals surface area (Å²) < 4.78 is 98.1. The average molecular weight is 518 g/mol. The van der Waals surface area contributed by atoms with E-state index in [-0.39, 0.29) is 18.5 Å². The third kappa shape index (κ3) is 6.11. The van der Waals surface area contributed by atoms with Gasteiger partial charge in [0.25, 0.3) is 0 Å². The number of benzene rings is 2. The lowest BCUT2D eigenvalue weighted by atomic mass is 9.90. The molecule has 0 spiro atoms. The molecule has 1 heterocycles. The van der Waals surface area contributed by atoms with Gasteiger partial charge in [0.1, 0.15) is 11.6 Å². The van der Waals surface area contributed by atoms with Crippen LogP contribution in [0.3, 0.4) is 0 Å².